The van der Waals surface area contributed by atoms with Gasteiger partial charge in [0.25, 0.3) is 0 Å². The second-order valence-electron chi connectivity index (χ2n) is 23.8. The molecule has 0 atom stereocenters. The van der Waals surface area contributed by atoms with E-state index in [4.69, 9.17) is 35.1 Å². The zero-order valence-electron chi connectivity index (χ0n) is 61.3. The van der Waals surface area contributed by atoms with Crippen molar-refractivity contribution in [3.8, 4) is 68.6 Å². The number of rotatable bonds is 26. The number of allylic oxidation sites excluding steroid dienone is 3. The average Bonchev–Trinajstić information content (AvgIpc) is 0.822. The van der Waals surface area contributed by atoms with E-state index >= 15 is 0 Å². The molecular weight excluding hydrogens is 1370 g/mol. The van der Waals surface area contributed by atoms with Crippen molar-refractivity contribution >= 4 is 91.8 Å². The van der Waals surface area contributed by atoms with Crippen molar-refractivity contribution in [3.05, 3.63) is 228 Å². The molecule has 5 heterocycles. The lowest BCUT2D eigenvalue weighted by Gasteiger charge is -2.11. The smallest absolute Gasteiger partial charge is 0.222 e. The Morgan fingerprint density at radius 1 is 0.486 bits per heavy atom. The summed E-state index contributed by atoms with van der Waals surface area (Å²) in [6.07, 6.45) is 11.6. The average molecular weight is 1460 g/mol. The number of anilines is 10. The highest BCUT2D eigenvalue weighted by molar-refractivity contribution is 7.93. The molecule has 0 saturated carbocycles. The molecular formula is C79H89N21O6S. The standard InChI is InChI=1S/C18H23N5O.C16H18N4O.C16H16N4.C15H16N4O2.C14H16N4O2S/c1-20-17-12-16(21-18(19)22-17)14-7-4-6-13(10-14)11-15(24)8-5-9-23(2)3;1-4-12(21)8-11-6-5-7-13(10(11)2)14-9-15(18-3)20-16(17)19-14;1-4-11(2)8-12-6-5-7-13(9-12)14-10-15(18-3)20-16(17)19-14;1-9(20)13(21)7-10-4-3-5-11(6-10)12-8-14(17-2)19-15(16)18-12;1-3-21(19,20)9-10-5-4-6-11(7-10)12-8-13(16-2)18-14(15)17-12/h4-8,10,12H,9,11H2,1-3H3,(H3,19,20,21,22);4-7,9H,1,8H2,2-3H3,(H3,17,18,19,20);1,5-7,9-10H,2,8H2,3H3,(H3,17,18,19,20);3-6,8H,7H2,1-2H3,(H3,16,17,18,19);3-8H,1,9H2,2H3,(H3,15,16,17,18)/b8-5+;;;;. The summed E-state index contributed by atoms with van der Waals surface area (Å²) >= 11 is 0. The Morgan fingerprint density at radius 2 is 0.841 bits per heavy atom. The van der Waals surface area contributed by atoms with E-state index in [1.807, 2.05) is 141 Å². The summed E-state index contributed by atoms with van der Waals surface area (Å²) in [5.74, 6) is 5.88. The molecule has 0 aliphatic rings. The van der Waals surface area contributed by atoms with Gasteiger partial charge in [0.2, 0.25) is 35.5 Å². The van der Waals surface area contributed by atoms with Crippen molar-refractivity contribution in [1.82, 2.24) is 54.7 Å². The Bertz CT molecular complexity index is 5040. The van der Waals surface area contributed by atoms with Crippen LogP contribution in [0.3, 0.4) is 0 Å². The van der Waals surface area contributed by atoms with E-state index in [-0.39, 0.29) is 53.5 Å². The van der Waals surface area contributed by atoms with E-state index in [1.165, 1.54) is 13.0 Å². The van der Waals surface area contributed by atoms with Crippen molar-refractivity contribution in [2.75, 3.05) is 111 Å². The van der Waals surface area contributed by atoms with Crippen molar-refractivity contribution in [1.29, 1.82) is 0 Å². The first kappa shape index (κ1) is 82.6. The minimum absolute atomic E-state index is 0.00614. The van der Waals surface area contributed by atoms with Crippen LogP contribution in [0.25, 0.3) is 56.3 Å². The van der Waals surface area contributed by atoms with Crippen LogP contribution in [-0.4, -0.2) is 142 Å². The Balaban J connectivity index is 0.000000210. The monoisotopic (exact) mass is 1460 g/mol. The molecule has 0 spiro atoms. The number of sulfone groups is 1. The molecule has 0 fully saturated rings. The molecule has 5 aromatic heterocycles. The normalized spacial score (nSPS) is 10.5. The third-order valence-corrected chi connectivity index (χ3v) is 16.6. The molecule has 552 valence electrons. The van der Waals surface area contributed by atoms with Gasteiger partial charge in [0, 0.05) is 138 Å². The zero-order valence-corrected chi connectivity index (χ0v) is 62.1. The first-order valence-electron chi connectivity index (χ1n) is 33.2. The number of nitrogens with zero attached hydrogens (tertiary/aromatic N) is 11. The van der Waals surface area contributed by atoms with Crippen LogP contribution in [0.1, 0.15) is 40.3 Å². The maximum Gasteiger partial charge on any atom is 0.222 e. The maximum absolute atomic E-state index is 12.0. The second kappa shape index (κ2) is 40.5. The fraction of sp³-hybridized carbons (Fsp3) is 0.190. The molecule has 15 N–H and O–H groups in total. The summed E-state index contributed by atoms with van der Waals surface area (Å²) in [6.45, 7) is 14.6. The Kier molecular flexibility index (Phi) is 31.2. The number of nitrogens with two attached hydrogens (primary N) is 5. The largest absolute Gasteiger partial charge is 0.373 e. The Morgan fingerprint density at radius 3 is 1.21 bits per heavy atom. The quantitative estimate of drug-likeness (QED) is 0.0137. The van der Waals surface area contributed by atoms with E-state index in [0.717, 1.165) is 90.2 Å². The van der Waals surface area contributed by atoms with Crippen molar-refractivity contribution < 1.29 is 27.6 Å². The lowest BCUT2D eigenvalue weighted by molar-refractivity contribution is -0.134. The predicted molar refractivity (Wildman–Crippen MR) is 431 cm³/mol. The van der Waals surface area contributed by atoms with Crippen LogP contribution in [0, 0.1) is 19.3 Å². The number of carbonyl (C=O) groups is 4. The molecule has 0 radical (unpaired) electrons. The fourth-order valence-corrected chi connectivity index (χ4v) is 10.8. The fourth-order valence-electron chi connectivity index (χ4n) is 10.0. The van der Waals surface area contributed by atoms with Crippen LogP contribution in [0.2, 0.25) is 0 Å². The van der Waals surface area contributed by atoms with Gasteiger partial charge in [-0.3, -0.25) is 19.2 Å². The topological polar surface area (TPSA) is 425 Å². The number of aromatic nitrogens is 10. The zero-order chi connectivity index (χ0) is 78.3. The molecule has 10 rings (SSSR count). The predicted octanol–water partition coefficient (Wildman–Crippen LogP) is 10.2. The third kappa shape index (κ3) is 26.7. The summed E-state index contributed by atoms with van der Waals surface area (Å²) in [4.78, 5) is 89.6. The summed E-state index contributed by atoms with van der Waals surface area (Å²) in [5.41, 5.74) is 42.6. The molecule has 0 saturated heterocycles. The number of Topliss-reactive ketones (excluding diaryl/α,β-unsaturated/α-hetero) is 2. The lowest BCUT2D eigenvalue weighted by Crippen LogP contribution is -2.12. The highest BCUT2D eigenvalue weighted by Gasteiger charge is 2.16. The number of ketones is 4. The minimum Gasteiger partial charge on any atom is -0.373 e. The van der Waals surface area contributed by atoms with Gasteiger partial charge in [-0.25, -0.2) is 33.3 Å². The number of terminal acetylenes is 1. The van der Waals surface area contributed by atoms with E-state index in [9.17, 15) is 27.6 Å². The van der Waals surface area contributed by atoms with E-state index < -0.39 is 21.4 Å². The number of nitrogens with one attached hydrogen (secondary N) is 5. The number of likely N-dealkylation sites (N-methyl/N-ethyl adjacent to an activating group) is 1. The van der Waals surface area contributed by atoms with Crippen LogP contribution in [0.15, 0.2) is 195 Å². The third-order valence-electron chi connectivity index (χ3n) is 15.4. The molecule has 5 aromatic carbocycles. The van der Waals surface area contributed by atoms with Gasteiger partial charge in [0.15, 0.2) is 27.2 Å². The molecule has 0 bridgehead atoms. The lowest BCUT2D eigenvalue weighted by atomic mass is 9.96. The second-order valence-corrected chi connectivity index (χ2v) is 25.8. The van der Waals surface area contributed by atoms with Crippen molar-refractivity contribution in [2.24, 2.45) is 0 Å². The van der Waals surface area contributed by atoms with E-state index in [1.54, 1.807) is 77.7 Å². The number of benzene rings is 5. The molecule has 27 nitrogen and oxygen atoms in total. The number of carbonyl (C=O) groups excluding carboxylic acids is 4. The van der Waals surface area contributed by atoms with Gasteiger partial charge in [0.1, 0.15) is 29.1 Å². The first-order chi connectivity index (χ1) is 51.1. The van der Waals surface area contributed by atoms with Crippen molar-refractivity contribution in [2.45, 2.75) is 45.3 Å². The summed E-state index contributed by atoms with van der Waals surface area (Å²) < 4.78 is 23.2. The van der Waals surface area contributed by atoms with E-state index in [0.29, 0.717) is 65.3 Å². The highest BCUT2D eigenvalue weighted by atomic mass is 32.2. The molecule has 10 aromatic rings. The van der Waals surface area contributed by atoms with Gasteiger partial charge in [-0.1, -0.05) is 123 Å². The summed E-state index contributed by atoms with van der Waals surface area (Å²) in [7, 11) is 9.45. The molecule has 0 aliphatic carbocycles. The van der Waals surface area contributed by atoms with Crippen LogP contribution >= 0.6 is 0 Å². The Labute approximate surface area is 623 Å². The SMILES string of the molecule is C#CC(=C)Cc1cccc(-c2cc(NC)nc(N)n2)c1.C=CC(=O)Cc1cccc(-c2cc(NC)nc(N)n2)c1C.C=CS(=O)(=O)Cc1cccc(-c2cc(NC)nc(N)n2)c1.CNc1cc(-c2cccc(CC(=O)/C=C/CN(C)C)c2)nc(N)n1.CNc1cc(-c2cccc(CC(=O)C(C)=O)c2)nc(N)n1. The van der Waals surface area contributed by atoms with Crippen LogP contribution in [0.4, 0.5) is 58.8 Å². The van der Waals surface area contributed by atoms with Crippen molar-refractivity contribution in [3.63, 3.8) is 0 Å². The minimum atomic E-state index is -3.30. The summed E-state index contributed by atoms with van der Waals surface area (Å²) in [5, 5.41) is 15.6. The highest BCUT2D eigenvalue weighted by Crippen LogP contribution is 2.29. The first-order valence-corrected chi connectivity index (χ1v) is 34.9. The number of hydrogen-bond acceptors (Lipinski definition) is 27. The van der Waals surface area contributed by atoms with Gasteiger partial charge < -0.3 is 60.2 Å². The van der Waals surface area contributed by atoms with E-state index in [2.05, 4.69) is 102 Å². The molecule has 107 heavy (non-hydrogen) atoms. The summed E-state index contributed by atoms with van der Waals surface area (Å²) in [6, 6.07) is 45.0. The van der Waals surface area contributed by atoms with Gasteiger partial charge in [-0.05, 0) is 96.4 Å². The molecule has 0 amide bonds. The number of hydrogen-bond donors (Lipinski definition) is 10. The van der Waals surface area contributed by atoms with Crippen LogP contribution < -0.4 is 55.3 Å². The molecule has 0 unspecified atom stereocenters. The maximum atomic E-state index is 12.0. The van der Waals surface area contributed by atoms with Gasteiger partial charge in [0.05, 0.1) is 34.2 Å². The Hall–Kier alpha value is -13.4. The van der Waals surface area contributed by atoms with Gasteiger partial charge >= 0.3 is 0 Å². The molecule has 0 aliphatic heterocycles. The van der Waals surface area contributed by atoms with Gasteiger partial charge in [-0.15, -0.1) is 6.42 Å². The molecule has 28 heteroatoms. The van der Waals surface area contributed by atoms with Crippen LogP contribution in [0.5, 0.6) is 0 Å². The van der Waals surface area contributed by atoms with Gasteiger partial charge in [-0.2, -0.15) is 24.9 Å². The van der Waals surface area contributed by atoms with Crippen LogP contribution in [-0.2, 0) is 60.5 Å². The number of nitrogen functional groups attached to an aromatic ring is 5.